The largest absolute Gasteiger partial charge is 0.398 e. The minimum atomic E-state index is 0.0506. The second-order valence-corrected chi connectivity index (χ2v) is 5.36. The van der Waals surface area contributed by atoms with E-state index in [1.165, 1.54) is 6.42 Å². The predicted octanol–water partition coefficient (Wildman–Crippen LogP) is 2.13. The van der Waals surface area contributed by atoms with Crippen molar-refractivity contribution in [3.8, 4) is 11.4 Å². The molecule has 1 aromatic carbocycles. The molecule has 2 aromatic rings. The zero-order valence-electron chi connectivity index (χ0n) is 10.7. The molecular weight excluding hydrogens is 226 g/mol. The van der Waals surface area contributed by atoms with E-state index in [4.69, 9.17) is 5.73 Å². The number of aromatic nitrogens is 4. The van der Waals surface area contributed by atoms with Crippen LogP contribution in [0.4, 0.5) is 5.69 Å². The SMILES string of the molecule is Cc1ccc(N)c(-c2nnnn2C2(C)CCC2)c1. The Morgan fingerprint density at radius 2 is 2.11 bits per heavy atom. The Hall–Kier alpha value is -1.91. The van der Waals surface area contributed by atoms with E-state index in [0.717, 1.165) is 35.5 Å². The van der Waals surface area contributed by atoms with Crippen molar-refractivity contribution in [2.75, 3.05) is 5.73 Å². The molecule has 1 aromatic heterocycles. The molecule has 1 saturated carbocycles. The second kappa shape index (κ2) is 3.80. The lowest BCUT2D eigenvalue weighted by molar-refractivity contribution is 0.148. The Kier molecular flexibility index (Phi) is 2.36. The van der Waals surface area contributed by atoms with Crippen LogP contribution in [-0.4, -0.2) is 20.2 Å². The lowest BCUT2D eigenvalue weighted by Crippen LogP contribution is -2.38. The van der Waals surface area contributed by atoms with Crippen molar-refractivity contribution in [1.29, 1.82) is 0 Å². The van der Waals surface area contributed by atoms with Crippen molar-refractivity contribution >= 4 is 5.69 Å². The van der Waals surface area contributed by atoms with Crippen LogP contribution in [-0.2, 0) is 5.54 Å². The summed E-state index contributed by atoms with van der Waals surface area (Å²) in [5, 5.41) is 12.1. The van der Waals surface area contributed by atoms with E-state index in [-0.39, 0.29) is 5.54 Å². The summed E-state index contributed by atoms with van der Waals surface area (Å²) in [6.07, 6.45) is 3.48. The number of hydrogen-bond acceptors (Lipinski definition) is 4. The summed E-state index contributed by atoms with van der Waals surface area (Å²) >= 11 is 0. The molecule has 18 heavy (non-hydrogen) atoms. The molecule has 0 unspecified atom stereocenters. The van der Waals surface area contributed by atoms with Crippen LogP contribution in [0.15, 0.2) is 18.2 Å². The number of nitrogens with zero attached hydrogens (tertiary/aromatic N) is 4. The molecule has 0 spiro atoms. The molecule has 1 aliphatic rings. The van der Waals surface area contributed by atoms with Gasteiger partial charge in [0, 0.05) is 11.3 Å². The molecule has 1 fully saturated rings. The summed E-state index contributed by atoms with van der Waals surface area (Å²) in [6, 6.07) is 5.95. The molecule has 0 atom stereocenters. The number of nitrogens with two attached hydrogens (primary N) is 1. The maximum Gasteiger partial charge on any atom is 0.184 e. The van der Waals surface area contributed by atoms with Crippen LogP contribution in [0.5, 0.6) is 0 Å². The van der Waals surface area contributed by atoms with Crippen LogP contribution in [0, 0.1) is 6.92 Å². The lowest BCUT2D eigenvalue weighted by atomic mass is 9.78. The third-order valence-electron chi connectivity index (χ3n) is 3.86. The van der Waals surface area contributed by atoms with E-state index in [9.17, 15) is 0 Å². The van der Waals surface area contributed by atoms with Crippen LogP contribution in [0.3, 0.4) is 0 Å². The van der Waals surface area contributed by atoms with Crippen molar-refractivity contribution < 1.29 is 0 Å². The zero-order chi connectivity index (χ0) is 12.8. The van der Waals surface area contributed by atoms with Gasteiger partial charge in [-0.3, -0.25) is 0 Å². The fourth-order valence-corrected chi connectivity index (χ4v) is 2.48. The molecule has 2 N–H and O–H groups in total. The molecule has 3 rings (SSSR count). The Morgan fingerprint density at radius 1 is 1.33 bits per heavy atom. The lowest BCUT2D eigenvalue weighted by Gasteiger charge is -2.38. The molecule has 0 saturated heterocycles. The highest BCUT2D eigenvalue weighted by Gasteiger charge is 2.37. The topological polar surface area (TPSA) is 69.6 Å². The number of nitrogen functional groups attached to an aromatic ring is 1. The average molecular weight is 243 g/mol. The second-order valence-electron chi connectivity index (χ2n) is 5.36. The smallest absolute Gasteiger partial charge is 0.184 e. The molecule has 1 aliphatic carbocycles. The van der Waals surface area contributed by atoms with Gasteiger partial charge in [0.2, 0.25) is 0 Å². The third-order valence-corrected chi connectivity index (χ3v) is 3.86. The first kappa shape index (κ1) is 11.2. The highest BCUT2D eigenvalue weighted by atomic mass is 15.6. The van der Waals surface area contributed by atoms with Crippen LogP contribution in [0.2, 0.25) is 0 Å². The monoisotopic (exact) mass is 243 g/mol. The van der Waals surface area contributed by atoms with Gasteiger partial charge in [-0.1, -0.05) is 11.6 Å². The Bertz CT molecular complexity index is 583. The minimum Gasteiger partial charge on any atom is -0.398 e. The fraction of sp³-hybridized carbons (Fsp3) is 0.462. The van der Waals surface area contributed by atoms with Crippen molar-refractivity contribution in [3.63, 3.8) is 0 Å². The van der Waals surface area contributed by atoms with E-state index >= 15 is 0 Å². The molecule has 94 valence electrons. The molecule has 0 radical (unpaired) electrons. The molecule has 0 amide bonds. The first-order chi connectivity index (χ1) is 8.60. The average Bonchev–Trinajstić information content (AvgIpc) is 2.78. The van der Waals surface area contributed by atoms with Gasteiger partial charge >= 0.3 is 0 Å². The van der Waals surface area contributed by atoms with Crippen molar-refractivity contribution in [2.45, 2.75) is 38.6 Å². The number of rotatable bonds is 2. The number of anilines is 1. The maximum atomic E-state index is 6.04. The first-order valence-electron chi connectivity index (χ1n) is 6.25. The number of tetrazole rings is 1. The van der Waals surface area contributed by atoms with Gasteiger partial charge in [-0.15, -0.1) is 5.10 Å². The van der Waals surface area contributed by atoms with Crippen molar-refractivity contribution in [2.24, 2.45) is 0 Å². The van der Waals surface area contributed by atoms with E-state index in [0.29, 0.717) is 0 Å². The summed E-state index contributed by atoms with van der Waals surface area (Å²) in [6.45, 7) is 4.24. The summed E-state index contributed by atoms with van der Waals surface area (Å²) in [5.74, 6) is 0.776. The fourth-order valence-electron chi connectivity index (χ4n) is 2.48. The van der Waals surface area contributed by atoms with Gasteiger partial charge in [0.15, 0.2) is 5.82 Å². The quantitative estimate of drug-likeness (QED) is 0.820. The molecular formula is C13H17N5. The van der Waals surface area contributed by atoms with Gasteiger partial charge in [0.1, 0.15) is 0 Å². The highest BCUT2D eigenvalue weighted by molar-refractivity contribution is 5.72. The van der Waals surface area contributed by atoms with Gasteiger partial charge in [0.25, 0.3) is 0 Å². The summed E-state index contributed by atoms with van der Waals surface area (Å²) < 4.78 is 1.93. The maximum absolute atomic E-state index is 6.04. The van der Waals surface area contributed by atoms with Crippen LogP contribution < -0.4 is 5.73 Å². The van der Waals surface area contributed by atoms with Gasteiger partial charge in [-0.25, -0.2) is 4.68 Å². The van der Waals surface area contributed by atoms with Gasteiger partial charge < -0.3 is 5.73 Å². The number of benzene rings is 1. The molecule has 0 aliphatic heterocycles. The summed E-state index contributed by atoms with van der Waals surface area (Å²) in [7, 11) is 0. The predicted molar refractivity (Wildman–Crippen MR) is 69.9 cm³/mol. The van der Waals surface area contributed by atoms with Gasteiger partial charge in [0.05, 0.1) is 5.54 Å². The zero-order valence-corrected chi connectivity index (χ0v) is 10.7. The first-order valence-corrected chi connectivity index (χ1v) is 6.25. The molecule has 5 heteroatoms. The van der Waals surface area contributed by atoms with Crippen LogP contribution in [0.25, 0.3) is 11.4 Å². The Balaban J connectivity index is 2.12. The van der Waals surface area contributed by atoms with E-state index in [1.54, 1.807) is 0 Å². The number of hydrogen-bond donors (Lipinski definition) is 1. The van der Waals surface area contributed by atoms with Crippen molar-refractivity contribution in [3.05, 3.63) is 23.8 Å². The highest BCUT2D eigenvalue weighted by Crippen LogP contribution is 2.40. The summed E-state index contributed by atoms with van der Waals surface area (Å²) in [4.78, 5) is 0. The Labute approximate surface area is 106 Å². The van der Waals surface area contributed by atoms with Gasteiger partial charge in [-0.2, -0.15) is 0 Å². The van der Waals surface area contributed by atoms with E-state index in [2.05, 4.69) is 22.4 Å². The molecule has 5 nitrogen and oxygen atoms in total. The minimum absolute atomic E-state index is 0.0506. The summed E-state index contributed by atoms with van der Waals surface area (Å²) in [5.41, 5.74) is 8.90. The van der Waals surface area contributed by atoms with Crippen LogP contribution in [0.1, 0.15) is 31.7 Å². The normalized spacial score (nSPS) is 17.4. The molecule has 1 heterocycles. The standard InChI is InChI=1S/C13H17N5/c1-9-4-5-11(14)10(8-9)12-15-16-17-18(12)13(2)6-3-7-13/h4-5,8H,3,6-7,14H2,1-2H3. The third kappa shape index (κ3) is 1.58. The number of aryl methyl sites for hydroxylation is 1. The van der Waals surface area contributed by atoms with Crippen molar-refractivity contribution in [1.82, 2.24) is 20.2 Å². The van der Waals surface area contributed by atoms with Gasteiger partial charge in [-0.05, 0) is 55.7 Å². The molecule has 0 bridgehead atoms. The van der Waals surface area contributed by atoms with E-state index < -0.39 is 0 Å². The van der Waals surface area contributed by atoms with E-state index in [1.807, 2.05) is 29.8 Å². The Morgan fingerprint density at radius 3 is 2.78 bits per heavy atom. The van der Waals surface area contributed by atoms with Crippen LogP contribution >= 0.6 is 0 Å².